The molecule has 1 rings (SSSR count). The molecule has 1 N–H and O–H groups in total. The van der Waals surface area contributed by atoms with Crippen molar-refractivity contribution in [2.24, 2.45) is 4.99 Å². The second kappa shape index (κ2) is 2.60. The predicted molar refractivity (Wildman–Crippen MR) is 35.7 cm³/mol. The number of carbonyl (C=O) groups is 2. The Kier molecular flexibility index (Phi) is 1.80. The van der Waals surface area contributed by atoms with Gasteiger partial charge in [0.1, 0.15) is 6.04 Å². The molecule has 1 aliphatic heterocycles. The summed E-state index contributed by atoms with van der Waals surface area (Å²) >= 11 is 0. The summed E-state index contributed by atoms with van der Waals surface area (Å²) < 4.78 is 0. The fraction of sp³-hybridized carbons (Fsp3) is 0.500. The quantitative estimate of drug-likeness (QED) is 0.394. The molecule has 10 heavy (non-hydrogen) atoms. The molecule has 0 saturated carbocycles. The van der Waals surface area contributed by atoms with Gasteiger partial charge in [-0.2, -0.15) is 0 Å². The normalized spacial score (nSPS) is 25.8. The highest BCUT2D eigenvalue weighted by molar-refractivity contribution is 6.00. The van der Waals surface area contributed by atoms with E-state index < -0.39 is 6.04 Å². The van der Waals surface area contributed by atoms with Gasteiger partial charge in [0.2, 0.25) is 5.91 Å². The molecule has 0 aromatic carbocycles. The van der Waals surface area contributed by atoms with Crippen LogP contribution in [0.1, 0.15) is 12.8 Å². The molecular formula is C6H8N2O2. The summed E-state index contributed by atoms with van der Waals surface area (Å²) in [5.41, 5.74) is 0. The Bertz CT molecular complexity index is 188. The highest BCUT2D eigenvalue weighted by atomic mass is 16.2. The third-order valence-corrected chi connectivity index (χ3v) is 1.43. The molecule has 4 nitrogen and oxygen atoms in total. The number of carbonyl (C=O) groups excluding carboxylic acids is 2. The molecular weight excluding hydrogens is 132 g/mol. The van der Waals surface area contributed by atoms with Gasteiger partial charge in [0.15, 0.2) is 0 Å². The van der Waals surface area contributed by atoms with Crippen LogP contribution in [0.4, 0.5) is 0 Å². The topological polar surface area (TPSA) is 58.5 Å². The fourth-order valence-corrected chi connectivity index (χ4v) is 0.856. The van der Waals surface area contributed by atoms with E-state index in [1.165, 1.54) is 0 Å². The smallest absolute Gasteiger partial charge is 0.251 e. The molecule has 1 aliphatic rings. The predicted octanol–water partition coefficient (Wildman–Crippen LogP) is -0.508. The zero-order chi connectivity index (χ0) is 7.56. The summed E-state index contributed by atoms with van der Waals surface area (Å²) in [5.74, 6) is -0.545. The fourth-order valence-electron chi connectivity index (χ4n) is 0.856. The summed E-state index contributed by atoms with van der Waals surface area (Å²) in [5, 5.41) is 2.17. The van der Waals surface area contributed by atoms with E-state index in [9.17, 15) is 9.59 Å². The molecule has 2 amide bonds. The van der Waals surface area contributed by atoms with Crippen LogP contribution in [-0.4, -0.2) is 24.6 Å². The monoisotopic (exact) mass is 140 g/mol. The van der Waals surface area contributed by atoms with Gasteiger partial charge in [-0.3, -0.25) is 19.9 Å². The van der Waals surface area contributed by atoms with Crippen LogP contribution >= 0.6 is 0 Å². The summed E-state index contributed by atoms with van der Waals surface area (Å²) in [6.07, 6.45) is 0.865. The number of imide groups is 1. The van der Waals surface area contributed by atoms with Crippen LogP contribution in [0.3, 0.4) is 0 Å². The molecule has 0 aromatic heterocycles. The van der Waals surface area contributed by atoms with Gasteiger partial charge in [-0.1, -0.05) is 0 Å². The highest BCUT2D eigenvalue weighted by Crippen LogP contribution is 2.06. The first-order chi connectivity index (χ1) is 4.74. The average Bonchev–Trinajstić information content (AvgIpc) is 1.88. The SMILES string of the molecule is C=NC1CCC(=O)NC1=O. The van der Waals surface area contributed by atoms with E-state index in [-0.39, 0.29) is 11.8 Å². The zero-order valence-corrected chi connectivity index (χ0v) is 5.46. The van der Waals surface area contributed by atoms with E-state index in [1.807, 2.05) is 0 Å². The van der Waals surface area contributed by atoms with Gasteiger partial charge < -0.3 is 0 Å². The number of nitrogens with one attached hydrogen (secondary N) is 1. The highest BCUT2D eigenvalue weighted by Gasteiger charge is 2.24. The molecule has 0 bridgehead atoms. The number of piperidine rings is 1. The van der Waals surface area contributed by atoms with Crippen molar-refractivity contribution in [2.45, 2.75) is 18.9 Å². The molecule has 1 fully saturated rings. The van der Waals surface area contributed by atoms with E-state index in [4.69, 9.17) is 0 Å². The number of aliphatic imine (C=N–C) groups is 1. The Morgan fingerprint density at radius 1 is 1.60 bits per heavy atom. The molecule has 0 aliphatic carbocycles. The average molecular weight is 140 g/mol. The number of rotatable bonds is 1. The van der Waals surface area contributed by atoms with Crippen molar-refractivity contribution in [2.75, 3.05) is 0 Å². The van der Waals surface area contributed by atoms with E-state index in [2.05, 4.69) is 17.0 Å². The third-order valence-electron chi connectivity index (χ3n) is 1.43. The van der Waals surface area contributed by atoms with Gasteiger partial charge in [0.05, 0.1) is 0 Å². The van der Waals surface area contributed by atoms with Crippen molar-refractivity contribution in [3.05, 3.63) is 0 Å². The summed E-state index contributed by atoms with van der Waals surface area (Å²) in [4.78, 5) is 24.9. The van der Waals surface area contributed by atoms with E-state index in [0.717, 1.165) is 0 Å². The second-order valence-corrected chi connectivity index (χ2v) is 2.15. The molecule has 1 unspecified atom stereocenters. The summed E-state index contributed by atoms with van der Waals surface area (Å²) in [7, 11) is 0. The Balaban J connectivity index is 2.59. The molecule has 0 radical (unpaired) electrons. The van der Waals surface area contributed by atoms with Gasteiger partial charge >= 0.3 is 0 Å². The van der Waals surface area contributed by atoms with E-state index >= 15 is 0 Å². The largest absolute Gasteiger partial charge is 0.295 e. The Hall–Kier alpha value is -1.19. The van der Waals surface area contributed by atoms with E-state index in [0.29, 0.717) is 12.8 Å². The number of hydrogen-bond donors (Lipinski definition) is 1. The van der Waals surface area contributed by atoms with Gasteiger partial charge in [-0.15, -0.1) is 0 Å². The number of amides is 2. The number of nitrogens with zero attached hydrogens (tertiary/aromatic N) is 1. The van der Waals surface area contributed by atoms with Crippen LogP contribution in [0.15, 0.2) is 4.99 Å². The lowest BCUT2D eigenvalue weighted by Gasteiger charge is -2.15. The maximum Gasteiger partial charge on any atom is 0.251 e. The van der Waals surface area contributed by atoms with Gasteiger partial charge in [0.25, 0.3) is 5.91 Å². The Morgan fingerprint density at radius 2 is 2.30 bits per heavy atom. The van der Waals surface area contributed by atoms with Crippen LogP contribution in [-0.2, 0) is 9.59 Å². The van der Waals surface area contributed by atoms with Gasteiger partial charge in [-0.05, 0) is 13.1 Å². The van der Waals surface area contributed by atoms with Crippen molar-refractivity contribution < 1.29 is 9.59 Å². The lowest BCUT2D eigenvalue weighted by molar-refractivity contribution is -0.133. The maximum atomic E-state index is 10.8. The molecule has 54 valence electrons. The second-order valence-electron chi connectivity index (χ2n) is 2.15. The standard InChI is InChI=1S/C6H8N2O2/c1-7-4-2-3-5(9)8-6(4)10/h4H,1-3H2,(H,8,9,10). The summed E-state index contributed by atoms with van der Waals surface area (Å²) in [6.45, 7) is 3.24. The van der Waals surface area contributed by atoms with Crippen molar-refractivity contribution in [1.29, 1.82) is 0 Å². The molecule has 1 heterocycles. The van der Waals surface area contributed by atoms with Crippen LogP contribution in [0.25, 0.3) is 0 Å². The number of hydrogen-bond acceptors (Lipinski definition) is 3. The van der Waals surface area contributed by atoms with Crippen LogP contribution in [0.5, 0.6) is 0 Å². The van der Waals surface area contributed by atoms with Crippen molar-refractivity contribution >= 4 is 18.5 Å². The maximum absolute atomic E-state index is 10.8. The molecule has 0 aromatic rings. The van der Waals surface area contributed by atoms with Crippen molar-refractivity contribution in [3.63, 3.8) is 0 Å². The summed E-state index contributed by atoms with van der Waals surface area (Å²) in [6, 6.07) is -0.419. The van der Waals surface area contributed by atoms with Crippen LogP contribution in [0, 0.1) is 0 Å². The van der Waals surface area contributed by atoms with E-state index in [1.54, 1.807) is 0 Å². The van der Waals surface area contributed by atoms with Gasteiger partial charge in [0, 0.05) is 6.42 Å². The van der Waals surface area contributed by atoms with Crippen molar-refractivity contribution in [1.82, 2.24) is 5.32 Å². The minimum atomic E-state index is -0.419. The molecule has 4 heteroatoms. The van der Waals surface area contributed by atoms with Crippen LogP contribution < -0.4 is 5.32 Å². The minimum absolute atomic E-state index is 0.218. The van der Waals surface area contributed by atoms with Crippen molar-refractivity contribution in [3.8, 4) is 0 Å². The first-order valence-corrected chi connectivity index (χ1v) is 3.03. The third kappa shape index (κ3) is 1.21. The van der Waals surface area contributed by atoms with Crippen LogP contribution in [0.2, 0.25) is 0 Å². The zero-order valence-electron chi connectivity index (χ0n) is 5.46. The molecule has 0 spiro atoms. The molecule has 1 atom stereocenters. The lowest BCUT2D eigenvalue weighted by atomic mass is 10.1. The first-order valence-electron chi connectivity index (χ1n) is 3.03. The molecule has 1 saturated heterocycles. The Labute approximate surface area is 58.3 Å². The lowest BCUT2D eigenvalue weighted by Crippen LogP contribution is -2.42. The van der Waals surface area contributed by atoms with Gasteiger partial charge in [-0.25, -0.2) is 0 Å². The minimum Gasteiger partial charge on any atom is -0.295 e. The Morgan fingerprint density at radius 3 is 2.80 bits per heavy atom. The first kappa shape index (κ1) is 6.92.